The van der Waals surface area contributed by atoms with Crippen LogP contribution < -0.4 is 14.2 Å². The Morgan fingerprint density at radius 2 is 0.503 bits per heavy atom. The van der Waals surface area contributed by atoms with Gasteiger partial charge in [0.1, 0.15) is 23.1 Å². The van der Waals surface area contributed by atoms with Gasteiger partial charge in [0.05, 0.1) is 42.6 Å². The molecule has 0 aromatic heterocycles. The molecule has 6 heterocycles. The van der Waals surface area contributed by atoms with Crippen molar-refractivity contribution in [1.82, 2.24) is 0 Å². The summed E-state index contributed by atoms with van der Waals surface area (Å²) in [5.74, 6) is 9.23. The van der Waals surface area contributed by atoms with Crippen LogP contribution in [0.4, 0.5) is 43.9 Å². The summed E-state index contributed by atoms with van der Waals surface area (Å²) in [7, 11) is 1.58. The van der Waals surface area contributed by atoms with Crippen LogP contribution in [0, 0.1) is 5.82 Å². The molecule has 12 aromatic rings. The quantitative estimate of drug-likeness (QED) is 0.0290. The fourth-order valence-corrected chi connectivity index (χ4v) is 25.8. The van der Waals surface area contributed by atoms with E-state index in [4.69, 9.17) is 14.2 Å². The van der Waals surface area contributed by atoms with Crippen LogP contribution in [0.2, 0.25) is 0 Å². The Bertz CT molecular complexity index is 6820. The Balaban J connectivity index is 0.000000148. The Hall–Kier alpha value is -11.1. The van der Waals surface area contributed by atoms with E-state index in [1.165, 1.54) is 46.2 Å². The first kappa shape index (κ1) is 113. The normalized spacial score (nSPS) is 13.6. The molecule has 762 valence electrons. The molecule has 18 rings (SSSR count). The van der Waals surface area contributed by atoms with Gasteiger partial charge in [-0.05, 0) is 140 Å². The van der Waals surface area contributed by atoms with Gasteiger partial charge in [-0.1, -0.05) is 121 Å². The van der Waals surface area contributed by atoms with Crippen molar-refractivity contribution < 1.29 is 116 Å². The van der Waals surface area contributed by atoms with E-state index in [2.05, 4.69) is 0 Å². The second-order valence-electron chi connectivity index (χ2n) is 33.0. The van der Waals surface area contributed by atoms with Gasteiger partial charge in [-0.15, -0.1) is 118 Å². The van der Waals surface area contributed by atoms with Crippen LogP contribution in [0.3, 0.4) is 0 Å². The maximum Gasteiger partial charge on any atom is 0.417 e. The molecule has 147 heavy (non-hydrogen) atoms. The summed E-state index contributed by atoms with van der Waals surface area (Å²) in [6.07, 6.45) is -13.0. The topological polar surface area (TPSA) is 233 Å². The van der Waals surface area contributed by atoms with Gasteiger partial charge in [0.15, 0.2) is 69.4 Å². The second-order valence-corrected chi connectivity index (χ2v) is 44.4. The first-order valence-electron chi connectivity index (χ1n) is 46.3. The first-order valence-corrected chi connectivity index (χ1v) is 56.2. The predicted molar refractivity (Wildman–Crippen MR) is 564 cm³/mol. The van der Waals surface area contributed by atoms with Crippen LogP contribution in [0.25, 0.3) is 0 Å². The zero-order valence-corrected chi connectivity index (χ0v) is 86.9. The summed E-state index contributed by atoms with van der Waals surface area (Å²) in [6.45, 7) is 1.33. The van der Waals surface area contributed by atoms with Crippen LogP contribution in [-0.2, 0) is 18.5 Å². The number of methoxy groups -OCH3 is 1. The van der Waals surface area contributed by atoms with Crippen LogP contribution in [-0.4, -0.2) is 147 Å². The molecule has 0 saturated heterocycles. The van der Waals surface area contributed by atoms with Crippen molar-refractivity contribution in [2.45, 2.75) is 145 Å². The summed E-state index contributed by atoms with van der Waals surface area (Å²) < 4.78 is 145. The lowest BCUT2D eigenvalue weighted by Crippen LogP contribution is -2.14. The molecule has 0 atom stereocenters. The molecule has 0 fully saturated rings. The lowest BCUT2D eigenvalue weighted by molar-refractivity contribution is -0.138. The number of carbonyl (C=O) groups excluding carboxylic acids is 12. The Morgan fingerprint density at radius 1 is 0.238 bits per heavy atom. The molecule has 0 unspecified atom stereocenters. The number of Topliss-reactive ketones (excluding diaryl/α,β-unsaturated/α-hetero) is 12. The van der Waals surface area contributed by atoms with Crippen LogP contribution in [0.5, 0.6) is 17.2 Å². The van der Waals surface area contributed by atoms with Gasteiger partial charge in [-0.3, -0.25) is 57.5 Å². The van der Waals surface area contributed by atoms with Gasteiger partial charge >= 0.3 is 18.5 Å². The number of alkyl halides is 9. The van der Waals surface area contributed by atoms with Crippen LogP contribution >= 0.6 is 118 Å². The third-order valence-corrected chi connectivity index (χ3v) is 35.0. The van der Waals surface area contributed by atoms with Crippen molar-refractivity contribution in [3.8, 4) is 17.2 Å². The zero-order valence-electron chi connectivity index (χ0n) is 78.8. The lowest BCUT2D eigenvalue weighted by Gasteiger charge is -2.17. The highest BCUT2D eigenvalue weighted by Crippen LogP contribution is 2.44. The van der Waals surface area contributed by atoms with E-state index in [-0.39, 0.29) is 157 Å². The molecular weight excluding hydrogens is 2100 g/mol. The van der Waals surface area contributed by atoms with Crippen molar-refractivity contribution in [1.29, 1.82) is 0 Å². The van der Waals surface area contributed by atoms with Gasteiger partial charge in [-0.2, -0.15) is 39.5 Å². The molecule has 6 aliphatic heterocycles. The fourth-order valence-electron chi connectivity index (χ4n) is 15.2. The number of benzene rings is 12. The molecule has 0 N–H and O–H groups in total. The standard InChI is InChI=1S/3C19H15F3O2S2.C19H18O4S.C18H15FO2S2.C18H16O3S/c20-19(21,22)14-4-1-12(2-5-14)15(23)6-7-16(24)13-3-8-17-18(11-13)26-10-9-25-17;20-19(21,22)14-3-1-2-12(10-14)15(23)5-6-16(24)13-4-7-17-18(11-13)26-9-8-25-17;20-19(21,22)14-4-2-1-3-13(14)16(24)7-6-15(23)12-5-8-17-18(11-12)26-10-9-25-17;1-22-15-5-2-13(3-6-15)16(20)7-8-17(21)14-4-9-19-18(12-14)23-10-11-24-19;19-14-4-2-1-3-13(14)16(21)7-6-15(20)12-5-8-17-18(11-12)23-10-9-22-17;19-15(13-4-2-1-3-5-13)7-8-16(20)14-6-9-18-17(12-14)21-10-11-22-18/h1-5,8,11H,6-7,9-10H2;1-4,7,10-11H,5-6,8-9H2;1-5,8,11H,6-7,9-10H2;2-6,9,12H,7-8,10-11H2,1H3;1-5,8,11H,6-7,9-10H2;1-6,9,12H,7-8,10-11H2. The monoisotopic (exact) mass is 2190 g/mol. The molecule has 15 nitrogen and oxygen atoms in total. The number of thioether (sulfide) groups is 10. The number of fused-ring (bicyclic) bond motifs is 6. The molecule has 0 spiro atoms. The highest BCUT2D eigenvalue weighted by molar-refractivity contribution is 8.07. The average Bonchev–Trinajstić information content (AvgIpc) is 0.811. The lowest BCUT2D eigenvalue weighted by atomic mass is 9.98. The van der Waals surface area contributed by atoms with E-state index in [1.54, 1.807) is 210 Å². The predicted octanol–water partition coefficient (Wildman–Crippen LogP) is 30.2. The maximum atomic E-state index is 13.6. The number of hydrogen-bond acceptors (Lipinski definition) is 25. The molecular formula is C112H94F10O15S10. The van der Waals surface area contributed by atoms with Crippen LogP contribution in [0.15, 0.2) is 310 Å². The summed E-state index contributed by atoms with van der Waals surface area (Å²) >= 11 is 17.4. The van der Waals surface area contributed by atoms with Crippen molar-refractivity contribution in [2.24, 2.45) is 0 Å². The van der Waals surface area contributed by atoms with E-state index < -0.39 is 52.6 Å². The molecule has 0 amide bonds. The Kier molecular flexibility index (Phi) is 42.2. The summed E-state index contributed by atoms with van der Waals surface area (Å²) in [4.78, 5) is 158. The smallest absolute Gasteiger partial charge is 0.417 e. The van der Waals surface area contributed by atoms with E-state index in [0.29, 0.717) is 63.5 Å². The van der Waals surface area contributed by atoms with Gasteiger partial charge in [0, 0.05) is 245 Å². The molecule has 0 aliphatic carbocycles. The number of carbonyl (C=O) groups is 12. The molecule has 0 radical (unpaired) electrons. The van der Waals surface area contributed by atoms with E-state index in [9.17, 15) is 101 Å². The first-order chi connectivity index (χ1) is 70.6. The number of halogens is 10. The minimum absolute atomic E-state index is 0.00119. The number of ether oxygens (including phenoxy) is 3. The van der Waals surface area contributed by atoms with Gasteiger partial charge in [0.2, 0.25) is 0 Å². The highest BCUT2D eigenvalue weighted by Gasteiger charge is 2.36. The molecule has 12 aromatic carbocycles. The van der Waals surface area contributed by atoms with Crippen molar-refractivity contribution in [2.75, 3.05) is 77.9 Å². The summed E-state index contributed by atoms with van der Waals surface area (Å²) in [5, 5.41) is 0. The average molecular weight is 2190 g/mol. The number of rotatable bonds is 31. The summed E-state index contributed by atoms with van der Waals surface area (Å²) in [6, 6.07) is 68.1. The minimum Gasteiger partial charge on any atom is -0.497 e. The van der Waals surface area contributed by atoms with Gasteiger partial charge in [-0.25, -0.2) is 4.39 Å². The van der Waals surface area contributed by atoms with Gasteiger partial charge < -0.3 is 14.2 Å². The van der Waals surface area contributed by atoms with Crippen molar-refractivity contribution in [3.63, 3.8) is 0 Å². The highest BCUT2D eigenvalue weighted by atomic mass is 32.2. The zero-order chi connectivity index (χ0) is 105. The van der Waals surface area contributed by atoms with Crippen molar-refractivity contribution in [3.05, 3.63) is 350 Å². The summed E-state index contributed by atoms with van der Waals surface area (Å²) in [5.41, 5.74) is 1.89. The molecule has 0 bridgehead atoms. The second kappa shape index (κ2) is 54.9. The third-order valence-electron chi connectivity index (χ3n) is 22.9. The Morgan fingerprint density at radius 3 is 0.850 bits per heavy atom. The molecule has 35 heteroatoms. The molecule has 6 aliphatic rings. The molecule has 0 saturated carbocycles. The SMILES string of the molecule is COc1ccc(C(=O)CCC(=O)c2ccc3c(c2)OCCS3)cc1.O=C(CCC(=O)c1ccc2c(c1)OCCS2)c1ccccc1.O=C(CCC(=O)c1ccc2c(c1)SCCS2)c1ccc(C(F)(F)F)cc1.O=C(CCC(=O)c1ccc2c(c1)SCCS2)c1cccc(C(F)(F)F)c1.O=C(CCC(=O)c1ccccc1C(F)(F)F)c1ccc2c(c1)SCCS2.O=C(CCC(=O)c1ccccc1F)c1ccc2c(c1)SCCS2. The van der Waals surface area contributed by atoms with E-state index in [1.807, 2.05) is 91.0 Å². The minimum atomic E-state index is -4.59. The van der Waals surface area contributed by atoms with E-state index >= 15 is 0 Å². The Labute approximate surface area is 885 Å². The maximum absolute atomic E-state index is 13.6. The third kappa shape index (κ3) is 33.4. The largest absolute Gasteiger partial charge is 0.497 e. The number of hydrogen-bond donors (Lipinski definition) is 0. The fraction of sp³-hybridized carbons (Fsp3) is 0.250. The van der Waals surface area contributed by atoms with E-state index in [0.717, 1.165) is 157 Å². The van der Waals surface area contributed by atoms with Crippen molar-refractivity contribution >= 4 is 187 Å². The van der Waals surface area contributed by atoms with Gasteiger partial charge in [0.25, 0.3) is 0 Å². The number of ketones is 12. The van der Waals surface area contributed by atoms with Crippen LogP contribution in [0.1, 0.15) is 218 Å².